The molecule has 1 aliphatic heterocycles. The van der Waals surface area contributed by atoms with E-state index in [1.165, 1.54) is 25.7 Å². The van der Waals surface area contributed by atoms with Crippen LogP contribution in [-0.4, -0.2) is 14.5 Å². The van der Waals surface area contributed by atoms with Crippen molar-refractivity contribution in [2.45, 2.75) is 26.2 Å². The third-order valence-electron chi connectivity index (χ3n) is 9.76. The first-order chi connectivity index (χ1) is 25.4. The number of aromatic nitrogens is 3. The Morgan fingerprint density at radius 1 is 0.660 bits per heavy atom. The third kappa shape index (κ3) is 5.58. The topological polar surface area (TPSA) is 46.4 Å². The Morgan fingerprint density at radius 2 is 1.43 bits per heavy atom. The van der Waals surface area contributed by atoms with Gasteiger partial charge in [0, 0.05) is 71.6 Å². The van der Waals surface area contributed by atoms with E-state index in [2.05, 4.69) is 145 Å². The van der Waals surface area contributed by atoms with Crippen molar-refractivity contribution in [3.8, 4) is 17.3 Å². The van der Waals surface area contributed by atoms with E-state index in [0.717, 1.165) is 50.5 Å². The van der Waals surface area contributed by atoms with Gasteiger partial charge in [-0.1, -0.05) is 80.5 Å². The normalized spacial score (nSPS) is 12.9. The van der Waals surface area contributed by atoms with E-state index in [0.29, 0.717) is 11.5 Å². The van der Waals surface area contributed by atoms with E-state index in [9.17, 15) is 0 Å². The monoisotopic (exact) mass is 885 g/mol. The molecular weight excluding hydrogens is 854 g/mol. The second-order valence-corrected chi connectivity index (χ2v) is 15.1. The summed E-state index contributed by atoms with van der Waals surface area (Å²) in [4.78, 5) is 13.9. The Bertz CT molecular complexity index is 2840. The molecule has 9 aromatic rings. The Morgan fingerprint density at radius 3 is 2.32 bits per heavy atom. The molecule has 8 heteroatoms. The van der Waals surface area contributed by atoms with Crippen LogP contribution < -0.4 is 14.5 Å². The summed E-state index contributed by atoms with van der Waals surface area (Å²) in [6.07, 6.45) is 3.72. The van der Waals surface area contributed by atoms with Crippen LogP contribution in [0.2, 0.25) is 0 Å². The zero-order valence-electron chi connectivity index (χ0n) is 29.1. The molecule has 5 heterocycles. The van der Waals surface area contributed by atoms with Gasteiger partial charge in [-0.3, -0.25) is 0 Å². The van der Waals surface area contributed by atoms with Crippen LogP contribution in [0.5, 0.6) is 11.5 Å². The number of hydrogen-bond acceptors (Lipinski definition) is 6. The maximum atomic E-state index is 6.52. The second-order valence-electron chi connectivity index (χ2n) is 14.0. The van der Waals surface area contributed by atoms with E-state index >= 15 is 0 Å². The number of para-hydroxylation sites is 1. The molecular formula is C45H32N5OPtS-3. The maximum Gasteiger partial charge on any atom is 0.135 e. The number of benzene rings is 5. The van der Waals surface area contributed by atoms with E-state index in [1.54, 1.807) is 0 Å². The van der Waals surface area contributed by atoms with Crippen LogP contribution in [-0.2, 0) is 26.5 Å². The molecule has 10 rings (SSSR count). The van der Waals surface area contributed by atoms with Crippen LogP contribution in [0.1, 0.15) is 26.3 Å². The van der Waals surface area contributed by atoms with Gasteiger partial charge in [0.25, 0.3) is 0 Å². The van der Waals surface area contributed by atoms with Crippen LogP contribution in [0.25, 0.3) is 47.8 Å². The van der Waals surface area contributed by atoms with Crippen molar-refractivity contribution in [3.63, 3.8) is 0 Å². The van der Waals surface area contributed by atoms with Crippen molar-refractivity contribution in [2.75, 3.05) is 9.80 Å². The summed E-state index contributed by atoms with van der Waals surface area (Å²) >= 11 is 1.82. The SMILES string of the molecule is CC(C)(C)c1ccnc(-n2c3[c-]c(Oc4[c-]c(N5[CH-]N(c6cccc7c6sc6ccccc67)c6cccnc65)ccc4)ccc3c3ccccc32)c1.[Pt]. The fourth-order valence-corrected chi connectivity index (χ4v) is 8.43. The van der Waals surface area contributed by atoms with Gasteiger partial charge in [-0.2, -0.15) is 12.1 Å². The summed E-state index contributed by atoms with van der Waals surface area (Å²) in [5, 5.41) is 4.76. The van der Waals surface area contributed by atoms with Crippen molar-refractivity contribution in [2.24, 2.45) is 0 Å². The van der Waals surface area contributed by atoms with Gasteiger partial charge < -0.3 is 19.1 Å². The maximum absolute atomic E-state index is 6.52. The van der Waals surface area contributed by atoms with Crippen LogP contribution in [0.15, 0.2) is 134 Å². The van der Waals surface area contributed by atoms with Gasteiger partial charge in [-0.15, -0.1) is 53.7 Å². The molecule has 0 atom stereocenters. The first kappa shape index (κ1) is 33.4. The molecule has 0 radical (unpaired) electrons. The van der Waals surface area contributed by atoms with Crippen LogP contribution >= 0.6 is 11.3 Å². The third-order valence-corrected chi connectivity index (χ3v) is 11.0. The summed E-state index contributed by atoms with van der Waals surface area (Å²) in [5.41, 5.74) is 6.13. The minimum atomic E-state index is -0.0128. The molecule has 0 N–H and O–H groups in total. The van der Waals surface area contributed by atoms with E-state index < -0.39 is 0 Å². The minimum absolute atomic E-state index is 0. The molecule has 0 aliphatic carbocycles. The van der Waals surface area contributed by atoms with Crippen LogP contribution in [0, 0.1) is 18.8 Å². The van der Waals surface area contributed by atoms with Crippen molar-refractivity contribution >= 4 is 76.2 Å². The molecule has 0 saturated carbocycles. The molecule has 0 spiro atoms. The smallest absolute Gasteiger partial charge is 0.135 e. The van der Waals surface area contributed by atoms with Gasteiger partial charge in [-0.25, -0.2) is 9.97 Å². The van der Waals surface area contributed by atoms with E-state index in [4.69, 9.17) is 14.7 Å². The van der Waals surface area contributed by atoms with Gasteiger partial charge >= 0.3 is 0 Å². The first-order valence-electron chi connectivity index (χ1n) is 17.3. The fourth-order valence-electron chi connectivity index (χ4n) is 7.22. The van der Waals surface area contributed by atoms with Crippen molar-refractivity contribution in [3.05, 3.63) is 158 Å². The molecule has 262 valence electrons. The van der Waals surface area contributed by atoms with Gasteiger partial charge in [0.1, 0.15) is 11.6 Å². The Labute approximate surface area is 326 Å². The molecule has 0 saturated heterocycles. The molecule has 1 aliphatic rings. The number of thiophene rings is 1. The fraction of sp³-hybridized carbons (Fsp3) is 0.0889. The summed E-state index contributed by atoms with van der Waals surface area (Å²) in [7, 11) is 0. The molecule has 0 fully saturated rings. The largest absolute Gasteiger partial charge is 0.509 e. The number of fused-ring (bicyclic) bond motifs is 7. The van der Waals surface area contributed by atoms with Crippen LogP contribution in [0.4, 0.5) is 22.9 Å². The number of rotatable bonds is 5. The minimum Gasteiger partial charge on any atom is -0.509 e. The van der Waals surface area contributed by atoms with E-state index in [-0.39, 0.29) is 26.5 Å². The van der Waals surface area contributed by atoms with Gasteiger partial charge in [0.2, 0.25) is 0 Å². The van der Waals surface area contributed by atoms with Crippen LogP contribution in [0.3, 0.4) is 0 Å². The Kier molecular flexibility index (Phi) is 8.10. The molecule has 0 amide bonds. The van der Waals surface area contributed by atoms with Gasteiger partial charge in [0.05, 0.1) is 10.4 Å². The number of ether oxygens (including phenoxy) is 1. The Hall–Kier alpha value is -5.49. The Balaban J connectivity index is 0.00000372. The molecule has 0 unspecified atom stereocenters. The average molecular weight is 886 g/mol. The number of anilines is 4. The van der Waals surface area contributed by atoms with Gasteiger partial charge in [-0.05, 0) is 58.8 Å². The van der Waals surface area contributed by atoms with Crippen molar-refractivity contribution in [1.82, 2.24) is 14.5 Å². The van der Waals surface area contributed by atoms with E-state index in [1.807, 2.05) is 54.1 Å². The number of pyridine rings is 2. The van der Waals surface area contributed by atoms with Gasteiger partial charge in [0.15, 0.2) is 0 Å². The van der Waals surface area contributed by atoms with Crippen molar-refractivity contribution in [1.29, 1.82) is 0 Å². The zero-order valence-corrected chi connectivity index (χ0v) is 32.2. The summed E-state index contributed by atoms with van der Waals surface area (Å²) in [6.45, 7) is 8.76. The quantitative estimate of drug-likeness (QED) is 0.161. The summed E-state index contributed by atoms with van der Waals surface area (Å²) in [6, 6.07) is 49.0. The first-order valence-corrected chi connectivity index (χ1v) is 18.1. The second kappa shape index (κ2) is 12.9. The average Bonchev–Trinajstić information content (AvgIpc) is 3.84. The molecule has 6 nitrogen and oxygen atoms in total. The predicted octanol–water partition coefficient (Wildman–Crippen LogP) is 12.0. The zero-order chi connectivity index (χ0) is 35.0. The standard InChI is InChI=1S/C45H32N5OS.Pt/c1-45(2,3)29-22-24-46-42(25-29)50-37-16-6-4-13-33(37)34-21-20-32(27-40(34)50)51-31-12-8-11-30(26-31)48-28-49(39-18-10-23-47-44(39)48)38-17-9-15-36-35-14-5-7-19-41(35)52-43(36)38;/h4-25,28H,1-3H3;/q-3;. The molecule has 4 aromatic heterocycles. The molecule has 0 bridgehead atoms. The van der Waals surface area contributed by atoms with Crippen molar-refractivity contribution < 1.29 is 25.8 Å². The number of nitrogens with zero attached hydrogens (tertiary/aromatic N) is 5. The predicted molar refractivity (Wildman–Crippen MR) is 214 cm³/mol. The molecule has 5 aromatic carbocycles. The summed E-state index contributed by atoms with van der Waals surface area (Å²) < 4.78 is 11.2. The molecule has 53 heavy (non-hydrogen) atoms. The number of hydrogen-bond donors (Lipinski definition) is 0. The summed E-state index contributed by atoms with van der Waals surface area (Å²) in [5.74, 6) is 2.86.